The molecule has 1 saturated carbocycles. The molecule has 1 aliphatic carbocycles. The van der Waals surface area contributed by atoms with Crippen LogP contribution in [0.2, 0.25) is 0 Å². The van der Waals surface area contributed by atoms with Crippen LogP contribution in [0.25, 0.3) is 0 Å². The topological polar surface area (TPSA) is 74.2 Å². The fourth-order valence-electron chi connectivity index (χ4n) is 1.51. The van der Waals surface area contributed by atoms with Crippen LogP contribution >= 0.6 is 0 Å². The predicted octanol–water partition coefficient (Wildman–Crippen LogP) is 1.16. The number of nitrogens with one attached hydrogen (secondary N) is 2. The first-order valence-corrected chi connectivity index (χ1v) is 6.16. The number of aromatic nitrogens is 1. The SMILES string of the molecule is CC(C)(CO)NC(=O)c1ccnc(NC2CC2)c1. The van der Waals surface area contributed by atoms with Crippen molar-refractivity contribution >= 4 is 11.7 Å². The van der Waals surface area contributed by atoms with Crippen molar-refractivity contribution in [1.29, 1.82) is 0 Å². The summed E-state index contributed by atoms with van der Waals surface area (Å²) in [5.74, 6) is 0.530. The molecular formula is C13H19N3O2. The quantitative estimate of drug-likeness (QED) is 0.732. The van der Waals surface area contributed by atoms with E-state index < -0.39 is 5.54 Å². The van der Waals surface area contributed by atoms with Crippen LogP contribution in [-0.4, -0.2) is 34.2 Å². The Kier molecular flexibility index (Phi) is 3.52. The van der Waals surface area contributed by atoms with Crippen molar-refractivity contribution in [2.75, 3.05) is 11.9 Å². The molecule has 0 atom stereocenters. The lowest BCUT2D eigenvalue weighted by molar-refractivity contribution is 0.0869. The molecule has 1 aliphatic rings. The molecule has 2 rings (SSSR count). The Hall–Kier alpha value is -1.62. The van der Waals surface area contributed by atoms with E-state index in [0.717, 1.165) is 18.7 Å². The van der Waals surface area contributed by atoms with Crippen molar-refractivity contribution in [1.82, 2.24) is 10.3 Å². The van der Waals surface area contributed by atoms with Crippen LogP contribution in [-0.2, 0) is 0 Å². The van der Waals surface area contributed by atoms with Crippen LogP contribution in [0.15, 0.2) is 18.3 Å². The number of aliphatic hydroxyl groups is 1. The molecule has 0 unspecified atom stereocenters. The number of carbonyl (C=O) groups is 1. The molecule has 0 saturated heterocycles. The van der Waals surface area contributed by atoms with Gasteiger partial charge in [-0.2, -0.15) is 0 Å². The first kappa shape index (κ1) is 12.8. The Labute approximate surface area is 107 Å². The van der Waals surface area contributed by atoms with Gasteiger partial charge in [-0.3, -0.25) is 4.79 Å². The molecule has 98 valence electrons. The smallest absolute Gasteiger partial charge is 0.251 e. The molecule has 0 radical (unpaired) electrons. The maximum atomic E-state index is 12.0. The van der Waals surface area contributed by atoms with Crippen molar-refractivity contribution in [2.45, 2.75) is 38.3 Å². The van der Waals surface area contributed by atoms with Gasteiger partial charge in [0.2, 0.25) is 0 Å². The molecule has 5 nitrogen and oxygen atoms in total. The highest BCUT2D eigenvalue weighted by Crippen LogP contribution is 2.23. The lowest BCUT2D eigenvalue weighted by Gasteiger charge is -2.23. The fourth-order valence-corrected chi connectivity index (χ4v) is 1.51. The van der Waals surface area contributed by atoms with Gasteiger partial charge < -0.3 is 15.7 Å². The van der Waals surface area contributed by atoms with Crippen molar-refractivity contribution in [3.05, 3.63) is 23.9 Å². The molecular weight excluding hydrogens is 230 g/mol. The summed E-state index contributed by atoms with van der Waals surface area (Å²) in [4.78, 5) is 16.2. The number of amides is 1. The molecule has 0 spiro atoms. The second kappa shape index (κ2) is 4.94. The number of anilines is 1. The molecule has 0 aliphatic heterocycles. The van der Waals surface area contributed by atoms with Gasteiger partial charge in [-0.25, -0.2) is 4.98 Å². The zero-order valence-electron chi connectivity index (χ0n) is 10.7. The van der Waals surface area contributed by atoms with Crippen molar-refractivity contribution < 1.29 is 9.90 Å². The van der Waals surface area contributed by atoms with Crippen molar-refractivity contribution in [2.24, 2.45) is 0 Å². The third kappa shape index (κ3) is 3.43. The summed E-state index contributed by atoms with van der Waals surface area (Å²) in [6.45, 7) is 3.45. The van der Waals surface area contributed by atoms with E-state index in [1.165, 1.54) is 0 Å². The summed E-state index contributed by atoms with van der Waals surface area (Å²) in [6.07, 6.45) is 3.94. The normalized spacial score (nSPS) is 15.3. The highest BCUT2D eigenvalue weighted by Gasteiger charge is 2.23. The van der Waals surface area contributed by atoms with E-state index in [-0.39, 0.29) is 12.5 Å². The summed E-state index contributed by atoms with van der Waals surface area (Å²) >= 11 is 0. The van der Waals surface area contributed by atoms with Gasteiger partial charge in [0.15, 0.2) is 0 Å². The zero-order valence-corrected chi connectivity index (χ0v) is 10.7. The maximum Gasteiger partial charge on any atom is 0.251 e. The number of nitrogens with zero attached hydrogens (tertiary/aromatic N) is 1. The fraction of sp³-hybridized carbons (Fsp3) is 0.538. The second-order valence-corrected chi connectivity index (χ2v) is 5.34. The third-order valence-electron chi connectivity index (χ3n) is 2.80. The predicted molar refractivity (Wildman–Crippen MR) is 69.5 cm³/mol. The average molecular weight is 249 g/mol. The summed E-state index contributed by atoms with van der Waals surface area (Å²) in [6, 6.07) is 3.91. The number of rotatable bonds is 5. The number of hydrogen-bond acceptors (Lipinski definition) is 4. The van der Waals surface area contributed by atoms with Crippen LogP contribution in [0.5, 0.6) is 0 Å². The Bertz CT molecular complexity index is 442. The standard InChI is InChI=1S/C13H19N3O2/c1-13(2,8-17)16-12(18)9-5-6-14-11(7-9)15-10-3-4-10/h5-7,10,17H,3-4,8H2,1-2H3,(H,14,15)(H,16,18). The Morgan fingerprint density at radius 1 is 1.56 bits per heavy atom. The molecule has 3 N–H and O–H groups in total. The summed E-state index contributed by atoms with van der Waals surface area (Å²) in [5.41, 5.74) is -0.0700. The molecule has 1 aromatic heterocycles. The number of hydrogen-bond donors (Lipinski definition) is 3. The van der Waals surface area contributed by atoms with E-state index in [1.54, 1.807) is 32.2 Å². The molecule has 1 fully saturated rings. The van der Waals surface area contributed by atoms with Gasteiger partial charge in [0.1, 0.15) is 5.82 Å². The molecule has 1 heterocycles. The third-order valence-corrected chi connectivity index (χ3v) is 2.80. The summed E-state index contributed by atoms with van der Waals surface area (Å²) in [5, 5.41) is 15.2. The number of aliphatic hydroxyl groups excluding tert-OH is 1. The average Bonchev–Trinajstić information content (AvgIpc) is 3.13. The van der Waals surface area contributed by atoms with Crippen LogP contribution in [0.1, 0.15) is 37.0 Å². The molecule has 1 aromatic rings. The monoisotopic (exact) mass is 249 g/mol. The highest BCUT2D eigenvalue weighted by molar-refractivity contribution is 5.95. The van der Waals surface area contributed by atoms with E-state index in [9.17, 15) is 4.79 Å². The van der Waals surface area contributed by atoms with Gasteiger partial charge in [-0.1, -0.05) is 0 Å². The van der Waals surface area contributed by atoms with Crippen LogP contribution in [0.3, 0.4) is 0 Å². The minimum atomic E-state index is -0.621. The largest absolute Gasteiger partial charge is 0.394 e. The second-order valence-electron chi connectivity index (χ2n) is 5.34. The van der Waals surface area contributed by atoms with Gasteiger partial charge in [0.25, 0.3) is 5.91 Å². The Morgan fingerprint density at radius 2 is 2.28 bits per heavy atom. The van der Waals surface area contributed by atoms with Gasteiger partial charge in [-0.15, -0.1) is 0 Å². The Morgan fingerprint density at radius 3 is 2.89 bits per heavy atom. The minimum Gasteiger partial charge on any atom is -0.394 e. The molecule has 1 amide bonds. The van der Waals surface area contributed by atoms with E-state index >= 15 is 0 Å². The van der Waals surface area contributed by atoms with E-state index in [2.05, 4.69) is 15.6 Å². The van der Waals surface area contributed by atoms with Crippen LogP contribution < -0.4 is 10.6 Å². The lowest BCUT2D eigenvalue weighted by Crippen LogP contribution is -2.46. The van der Waals surface area contributed by atoms with E-state index in [1.807, 2.05) is 0 Å². The zero-order chi connectivity index (χ0) is 13.2. The van der Waals surface area contributed by atoms with E-state index in [4.69, 9.17) is 5.11 Å². The highest BCUT2D eigenvalue weighted by atomic mass is 16.3. The first-order chi connectivity index (χ1) is 8.50. The van der Waals surface area contributed by atoms with Crippen LogP contribution in [0.4, 0.5) is 5.82 Å². The molecule has 18 heavy (non-hydrogen) atoms. The Balaban J connectivity index is 2.04. The van der Waals surface area contributed by atoms with Gasteiger partial charge >= 0.3 is 0 Å². The van der Waals surface area contributed by atoms with Crippen LogP contribution in [0, 0.1) is 0 Å². The molecule has 0 bridgehead atoms. The lowest BCUT2D eigenvalue weighted by atomic mass is 10.1. The van der Waals surface area contributed by atoms with Crippen molar-refractivity contribution in [3.63, 3.8) is 0 Å². The van der Waals surface area contributed by atoms with Gasteiger partial charge in [0, 0.05) is 17.8 Å². The van der Waals surface area contributed by atoms with E-state index in [0.29, 0.717) is 11.6 Å². The van der Waals surface area contributed by atoms with Gasteiger partial charge in [0.05, 0.1) is 12.1 Å². The number of pyridine rings is 1. The maximum absolute atomic E-state index is 12.0. The summed E-state index contributed by atoms with van der Waals surface area (Å²) < 4.78 is 0. The van der Waals surface area contributed by atoms with Crippen molar-refractivity contribution in [3.8, 4) is 0 Å². The number of carbonyl (C=O) groups excluding carboxylic acids is 1. The van der Waals surface area contributed by atoms with Gasteiger partial charge in [-0.05, 0) is 38.8 Å². The minimum absolute atomic E-state index is 0.100. The first-order valence-electron chi connectivity index (χ1n) is 6.16. The molecule has 0 aromatic carbocycles. The molecule has 5 heteroatoms. The summed E-state index contributed by atoms with van der Waals surface area (Å²) in [7, 11) is 0.